The van der Waals surface area contributed by atoms with E-state index in [9.17, 15) is 4.79 Å². The number of aromatic nitrogens is 2. The third-order valence-corrected chi connectivity index (χ3v) is 5.42. The number of hydrogen-bond acceptors (Lipinski definition) is 7. The molecular formula is C22H28N2O6. The van der Waals surface area contributed by atoms with E-state index in [-0.39, 0.29) is 18.5 Å². The van der Waals surface area contributed by atoms with Gasteiger partial charge >= 0.3 is 5.97 Å². The number of benzene rings is 1. The van der Waals surface area contributed by atoms with Crippen molar-refractivity contribution >= 4 is 5.97 Å². The molecule has 2 aliphatic rings. The average molecular weight is 416 g/mol. The molecule has 5 atom stereocenters. The summed E-state index contributed by atoms with van der Waals surface area (Å²) in [6.07, 6.45) is 1.82. The number of fused-ring (bicyclic) bond motifs is 1. The fourth-order valence-corrected chi connectivity index (χ4v) is 4.24. The third-order valence-electron chi connectivity index (χ3n) is 5.42. The van der Waals surface area contributed by atoms with Gasteiger partial charge in [0.05, 0.1) is 19.1 Å². The van der Waals surface area contributed by atoms with Crippen LogP contribution in [0.5, 0.6) is 0 Å². The smallest absolute Gasteiger partial charge is 0.307 e. The predicted molar refractivity (Wildman–Crippen MR) is 107 cm³/mol. The predicted octanol–water partition coefficient (Wildman–Crippen LogP) is 2.94. The van der Waals surface area contributed by atoms with Gasteiger partial charge in [-0.3, -0.25) is 4.79 Å². The van der Waals surface area contributed by atoms with Crippen molar-refractivity contribution in [3.8, 4) is 11.4 Å². The van der Waals surface area contributed by atoms with E-state index >= 15 is 0 Å². The molecule has 0 saturated carbocycles. The molecule has 0 radical (unpaired) electrons. The van der Waals surface area contributed by atoms with Gasteiger partial charge in [-0.15, -0.1) is 0 Å². The first kappa shape index (κ1) is 21.0. The topological polar surface area (TPSA) is 81.0 Å². The summed E-state index contributed by atoms with van der Waals surface area (Å²) in [5.74, 6) is -0.326. The molecule has 8 nitrogen and oxygen atoms in total. The first-order chi connectivity index (χ1) is 14.4. The van der Waals surface area contributed by atoms with Crippen molar-refractivity contribution in [2.24, 2.45) is 0 Å². The molecule has 0 spiro atoms. The van der Waals surface area contributed by atoms with E-state index in [1.807, 2.05) is 54.9 Å². The average Bonchev–Trinajstić information content (AvgIpc) is 3.39. The molecule has 2 aromatic rings. The Hall–Kier alpha value is -2.26. The van der Waals surface area contributed by atoms with Gasteiger partial charge in [0.25, 0.3) is 0 Å². The van der Waals surface area contributed by atoms with Crippen LogP contribution in [0.1, 0.15) is 33.2 Å². The Bertz CT molecular complexity index is 868. The second kappa shape index (κ2) is 8.47. The Kier molecular flexibility index (Phi) is 5.92. The second-order valence-corrected chi connectivity index (χ2v) is 7.87. The van der Waals surface area contributed by atoms with E-state index in [2.05, 4.69) is 4.98 Å². The lowest BCUT2D eigenvalue weighted by atomic mass is 9.99. The van der Waals surface area contributed by atoms with E-state index in [4.69, 9.17) is 23.7 Å². The molecule has 1 aromatic heterocycles. The normalized spacial score (nSPS) is 28.3. The number of nitrogens with zero attached hydrogens (tertiary/aromatic N) is 2. The summed E-state index contributed by atoms with van der Waals surface area (Å²) in [4.78, 5) is 17.0. The lowest BCUT2D eigenvalue weighted by Crippen LogP contribution is -2.41. The van der Waals surface area contributed by atoms with Gasteiger partial charge in [0.15, 0.2) is 12.1 Å². The van der Waals surface area contributed by atoms with E-state index in [0.717, 1.165) is 11.4 Å². The summed E-state index contributed by atoms with van der Waals surface area (Å²) in [6, 6.07) is 9.40. The van der Waals surface area contributed by atoms with Crippen molar-refractivity contribution in [2.75, 3.05) is 13.7 Å². The van der Waals surface area contributed by atoms with Crippen molar-refractivity contribution in [3.63, 3.8) is 0 Å². The highest BCUT2D eigenvalue weighted by Gasteiger charge is 2.57. The summed E-state index contributed by atoms with van der Waals surface area (Å²) in [7, 11) is 1.62. The van der Waals surface area contributed by atoms with Crippen molar-refractivity contribution in [2.45, 2.75) is 63.6 Å². The summed E-state index contributed by atoms with van der Waals surface area (Å²) in [5.41, 5.74) is 0.942. The van der Waals surface area contributed by atoms with Crippen LogP contribution in [0.2, 0.25) is 0 Å². The molecule has 30 heavy (non-hydrogen) atoms. The maximum Gasteiger partial charge on any atom is 0.307 e. The van der Waals surface area contributed by atoms with Crippen molar-refractivity contribution < 1.29 is 28.5 Å². The Morgan fingerprint density at radius 2 is 2.03 bits per heavy atom. The number of imidazole rings is 1. The molecule has 1 aromatic carbocycles. The molecule has 4 rings (SSSR count). The van der Waals surface area contributed by atoms with Gasteiger partial charge < -0.3 is 28.3 Å². The first-order valence-corrected chi connectivity index (χ1v) is 10.2. The molecule has 2 fully saturated rings. The minimum atomic E-state index is -0.752. The third kappa shape index (κ3) is 4.00. The molecule has 0 N–H and O–H groups in total. The van der Waals surface area contributed by atoms with Crippen LogP contribution in [0.15, 0.2) is 42.7 Å². The monoisotopic (exact) mass is 416 g/mol. The Labute approximate surface area is 176 Å². The van der Waals surface area contributed by atoms with Crippen molar-refractivity contribution in [1.29, 1.82) is 0 Å². The minimum Gasteiger partial charge on any atom is -0.466 e. The van der Waals surface area contributed by atoms with Crippen LogP contribution < -0.4 is 0 Å². The molecule has 2 unspecified atom stereocenters. The van der Waals surface area contributed by atoms with Gasteiger partial charge in [0.1, 0.15) is 24.1 Å². The number of ether oxygens (including phenoxy) is 5. The number of hydrogen-bond donors (Lipinski definition) is 0. The number of rotatable bonds is 7. The highest BCUT2D eigenvalue weighted by atomic mass is 16.8. The largest absolute Gasteiger partial charge is 0.466 e. The molecule has 0 bridgehead atoms. The zero-order chi connectivity index (χ0) is 21.3. The first-order valence-electron chi connectivity index (χ1n) is 10.2. The van der Waals surface area contributed by atoms with Gasteiger partial charge in [-0.25, -0.2) is 4.98 Å². The Morgan fingerprint density at radius 1 is 1.27 bits per heavy atom. The van der Waals surface area contributed by atoms with E-state index in [1.54, 1.807) is 20.2 Å². The van der Waals surface area contributed by atoms with Crippen LogP contribution in [0.3, 0.4) is 0 Å². The molecule has 8 heteroatoms. The molecular weight excluding hydrogens is 388 g/mol. The molecule has 3 heterocycles. The molecule has 2 aliphatic heterocycles. The molecule has 162 valence electrons. The van der Waals surface area contributed by atoms with E-state index in [1.165, 1.54) is 0 Å². The molecule has 0 amide bonds. The summed E-state index contributed by atoms with van der Waals surface area (Å²) in [5, 5.41) is 0. The van der Waals surface area contributed by atoms with Crippen molar-refractivity contribution in [1.82, 2.24) is 9.55 Å². The van der Waals surface area contributed by atoms with Crippen LogP contribution in [-0.2, 0) is 28.5 Å². The number of esters is 1. The van der Waals surface area contributed by atoms with Gasteiger partial charge in [0.2, 0.25) is 0 Å². The summed E-state index contributed by atoms with van der Waals surface area (Å²) < 4.78 is 31.2. The van der Waals surface area contributed by atoms with Gasteiger partial charge in [-0.1, -0.05) is 30.3 Å². The zero-order valence-corrected chi connectivity index (χ0v) is 17.7. The number of carbonyl (C=O) groups excluding carboxylic acids is 1. The Balaban J connectivity index is 1.69. The minimum absolute atomic E-state index is 0.109. The maximum atomic E-state index is 12.5. The maximum absolute atomic E-state index is 12.5. The highest BCUT2D eigenvalue weighted by Crippen LogP contribution is 2.43. The number of carbonyl (C=O) groups is 1. The summed E-state index contributed by atoms with van der Waals surface area (Å²) in [6.45, 7) is 5.79. The highest BCUT2D eigenvalue weighted by molar-refractivity contribution is 5.70. The van der Waals surface area contributed by atoms with E-state index in [0.29, 0.717) is 6.61 Å². The second-order valence-electron chi connectivity index (χ2n) is 7.87. The van der Waals surface area contributed by atoms with Crippen LogP contribution in [0.25, 0.3) is 11.4 Å². The number of methoxy groups -OCH3 is 1. The molecule has 0 aliphatic carbocycles. The fraction of sp³-hybridized carbons (Fsp3) is 0.545. The lowest BCUT2D eigenvalue weighted by Gasteiger charge is -2.31. The quantitative estimate of drug-likeness (QED) is 0.642. The van der Waals surface area contributed by atoms with Crippen LogP contribution in [-0.4, -0.2) is 59.6 Å². The van der Waals surface area contributed by atoms with E-state index < -0.39 is 30.3 Å². The van der Waals surface area contributed by atoms with Gasteiger partial charge in [-0.2, -0.15) is 0 Å². The Morgan fingerprint density at radius 3 is 2.73 bits per heavy atom. The zero-order valence-electron chi connectivity index (χ0n) is 17.7. The fourth-order valence-electron chi connectivity index (χ4n) is 4.24. The SMILES string of the molecule is CCOC(=O)CC(C1O[C@H]2OC(C)(C)O[C@H]2[C@@H]1OC)n1ccnc1-c1ccccc1. The molecule has 2 saturated heterocycles. The summed E-state index contributed by atoms with van der Waals surface area (Å²) >= 11 is 0. The standard InChI is InChI=1S/C22H28N2O6/c1-5-27-16(25)13-15(24-12-11-23-20(24)14-9-7-6-8-10-14)17-18(26-4)19-21(28-17)30-22(2,3)29-19/h6-12,15,17-19,21H,5,13H2,1-4H3/t15?,17?,18-,19+,21+/m1/s1. The van der Waals surface area contributed by atoms with Gasteiger partial charge in [-0.05, 0) is 20.8 Å². The van der Waals surface area contributed by atoms with Crippen LogP contribution >= 0.6 is 0 Å². The van der Waals surface area contributed by atoms with Gasteiger partial charge in [0, 0.05) is 25.1 Å². The lowest BCUT2D eigenvalue weighted by molar-refractivity contribution is -0.222. The van der Waals surface area contributed by atoms with Crippen LogP contribution in [0.4, 0.5) is 0 Å². The van der Waals surface area contributed by atoms with Crippen molar-refractivity contribution in [3.05, 3.63) is 42.7 Å². The van der Waals surface area contributed by atoms with Crippen LogP contribution in [0, 0.1) is 0 Å².